The minimum absolute atomic E-state index is 0.698. The van der Waals surface area contributed by atoms with Crippen molar-refractivity contribution in [1.29, 1.82) is 0 Å². The van der Waals surface area contributed by atoms with E-state index < -0.39 is 0 Å². The predicted octanol–water partition coefficient (Wildman–Crippen LogP) is 1.59. The number of unbranched alkanes of at least 4 members (excludes halogenated alkanes) is 2. The number of nitrogens with two attached hydrogens (primary N) is 1. The van der Waals surface area contributed by atoms with Gasteiger partial charge in [-0.15, -0.1) is 0 Å². The van der Waals surface area contributed by atoms with E-state index in [2.05, 4.69) is 19.9 Å². The second-order valence-electron chi connectivity index (χ2n) is 4.34. The van der Waals surface area contributed by atoms with Crippen LogP contribution >= 0.6 is 0 Å². The minimum Gasteiger partial charge on any atom is -0.360 e. The molecule has 0 unspecified atom stereocenters. The largest absolute Gasteiger partial charge is 0.360 e. The molecule has 0 atom stereocenters. The quantitative estimate of drug-likeness (QED) is 0.783. The Balaban J connectivity index is 2.01. The highest BCUT2D eigenvalue weighted by Crippen LogP contribution is 2.14. The van der Waals surface area contributed by atoms with E-state index in [1.807, 2.05) is 19.2 Å². The first-order chi connectivity index (χ1) is 8.81. The van der Waals surface area contributed by atoms with E-state index in [4.69, 9.17) is 5.73 Å². The van der Waals surface area contributed by atoms with Gasteiger partial charge in [0.15, 0.2) is 5.65 Å². The summed E-state index contributed by atoms with van der Waals surface area (Å²) in [6.07, 6.45) is 6.73. The van der Waals surface area contributed by atoms with Gasteiger partial charge in [0.1, 0.15) is 11.3 Å². The third-order valence-corrected chi connectivity index (χ3v) is 2.91. The average Bonchev–Trinajstić information content (AvgIpc) is 2.43. The Hall–Kier alpha value is -1.75. The smallest absolute Gasteiger partial charge is 0.180 e. The predicted molar refractivity (Wildman–Crippen MR) is 73.5 cm³/mol. The van der Waals surface area contributed by atoms with Crippen LogP contribution < -0.4 is 10.6 Å². The van der Waals surface area contributed by atoms with Crippen LogP contribution in [-0.4, -0.2) is 35.1 Å². The lowest BCUT2D eigenvalue weighted by molar-refractivity contribution is 0.676. The molecule has 5 nitrogen and oxygen atoms in total. The number of fused-ring (bicyclic) bond motifs is 1. The van der Waals surface area contributed by atoms with Crippen molar-refractivity contribution in [3.63, 3.8) is 0 Å². The summed E-state index contributed by atoms with van der Waals surface area (Å²) < 4.78 is 0. The molecule has 18 heavy (non-hydrogen) atoms. The summed E-state index contributed by atoms with van der Waals surface area (Å²) >= 11 is 0. The Bertz CT molecular complexity index is 499. The molecule has 0 aromatic carbocycles. The van der Waals surface area contributed by atoms with Crippen LogP contribution in [0.15, 0.2) is 24.5 Å². The number of pyridine rings is 1. The Morgan fingerprint density at radius 3 is 2.78 bits per heavy atom. The minimum atomic E-state index is 0.698. The van der Waals surface area contributed by atoms with E-state index in [1.165, 1.54) is 0 Å². The summed E-state index contributed by atoms with van der Waals surface area (Å²) in [7, 11) is 2.05. The van der Waals surface area contributed by atoms with Crippen LogP contribution in [0.1, 0.15) is 19.3 Å². The van der Waals surface area contributed by atoms with Gasteiger partial charge >= 0.3 is 0 Å². The van der Waals surface area contributed by atoms with Crippen LogP contribution in [0, 0.1) is 0 Å². The molecule has 0 saturated carbocycles. The highest BCUT2D eigenvalue weighted by molar-refractivity contribution is 5.71. The Labute approximate surface area is 107 Å². The molecule has 2 aromatic rings. The first-order valence-corrected chi connectivity index (χ1v) is 6.30. The second kappa shape index (κ2) is 6.26. The number of anilines is 1. The van der Waals surface area contributed by atoms with Crippen molar-refractivity contribution in [3.8, 4) is 0 Å². The van der Waals surface area contributed by atoms with Crippen LogP contribution in [0.3, 0.4) is 0 Å². The standard InChI is InChI=1S/C13H19N5/c1-18(10-4-2-3-7-14)12-6-5-11-13(17-12)16-9-8-15-11/h5-6,8-9H,2-4,7,10,14H2,1H3. The Morgan fingerprint density at radius 2 is 1.94 bits per heavy atom. The van der Waals surface area contributed by atoms with Crippen LogP contribution in [-0.2, 0) is 0 Å². The molecule has 2 rings (SSSR count). The zero-order valence-corrected chi connectivity index (χ0v) is 10.7. The molecular weight excluding hydrogens is 226 g/mol. The molecular formula is C13H19N5. The number of nitrogens with zero attached hydrogens (tertiary/aromatic N) is 4. The third kappa shape index (κ3) is 3.13. The first kappa shape index (κ1) is 12.7. The summed E-state index contributed by atoms with van der Waals surface area (Å²) in [5.74, 6) is 0.941. The van der Waals surface area contributed by atoms with E-state index in [1.54, 1.807) is 12.4 Å². The van der Waals surface area contributed by atoms with Gasteiger partial charge in [-0.25, -0.2) is 9.97 Å². The molecule has 0 radical (unpaired) electrons. The van der Waals surface area contributed by atoms with Gasteiger partial charge in [0.05, 0.1) is 0 Å². The number of rotatable bonds is 6. The topological polar surface area (TPSA) is 67.9 Å². The van der Waals surface area contributed by atoms with Crippen molar-refractivity contribution in [2.24, 2.45) is 5.73 Å². The number of aromatic nitrogens is 3. The SMILES string of the molecule is CN(CCCCCN)c1ccc2nccnc2n1. The van der Waals surface area contributed by atoms with E-state index in [0.29, 0.717) is 5.65 Å². The van der Waals surface area contributed by atoms with E-state index >= 15 is 0 Å². The van der Waals surface area contributed by atoms with Gasteiger partial charge in [-0.1, -0.05) is 6.42 Å². The molecule has 0 aliphatic carbocycles. The average molecular weight is 245 g/mol. The summed E-state index contributed by atoms with van der Waals surface area (Å²) in [4.78, 5) is 15.1. The zero-order valence-electron chi connectivity index (χ0n) is 10.7. The second-order valence-corrected chi connectivity index (χ2v) is 4.34. The van der Waals surface area contributed by atoms with E-state index in [-0.39, 0.29) is 0 Å². The molecule has 0 saturated heterocycles. The monoisotopic (exact) mass is 245 g/mol. The van der Waals surface area contributed by atoms with Gasteiger partial charge < -0.3 is 10.6 Å². The summed E-state index contributed by atoms with van der Waals surface area (Å²) in [5, 5.41) is 0. The zero-order chi connectivity index (χ0) is 12.8. The number of hydrogen-bond acceptors (Lipinski definition) is 5. The van der Waals surface area contributed by atoms with Crippen LogP contribution in [0.25, 0.3) is 11.2 Å². The van der Waals surface area contributed by atoms with Crippen molar-refractivity contribution in [2.75, 3.05) is 25.0 Å². The fraction of sp³-hybridized carbons (Fsp3) is 0.462. The van der Waals surface area contributed by atoms with Crippen molar-refractivity contribution in [1.82, 2.24) is 15.0 Å². The molecule has 2 N–H and O–H groups in total. The Kier molecular flexibility index (Phi) is 4.41. The first-order valence-electron chi connectivity index (χ1n) is 6.30. The Morgan fingerprint density at radius 1 is 1.11 bits per heavy atom. The van der Waals surface area contributed by atoms with E-state index in [0.717, 1.165) is 43.7 Å². The highest BCUT2D eigenvalue weighted by Gasteiger charge is 2.04. The maximum atomic E-state index is 5.48. The molecule has 0 aliphatic rings. The maximum Gasteiger partial charge on any atom is 0.180 e. The normalized spacial score (nSPS) is 10.8. The fourth-order valence-corrected chi connectivity index (χ4v) is 1.84. The molecule has 0 bridgehead atoms. The fourth-order valence-electron chi connectivity index (χ4n) is 1.84. The molecule has 96 valence electrons. The van der Waals surface area contributed by atoms with Crippen LogP contribution in [0.4, 0.5) is 5.82 Å². The molecule has 0 fully saturated rings. The highest BCUT2D eigenvalue weighted by atomic mass is 15.2. The van der Waals surface area contributed by atoms with Gasteiger partial charge in [-0.2, -0.15) is 0 Å². The molecule has 0 spiro atoms. The lowest BCUT2D eigenvalue weighted by Crippen LogP contribution is -2.20. The molecule has 0 amide bonds. The lowest BCUT2D eigenvalue weighted by atomic mass is 10.2. The third-order valence-electron chi connectivity index (χ3n) is 2.91. The molecule has 5 heteroatoms. The van der Waals surface area contributed by atoms with Gasteiger partial charge in [0.25, 0.3) is 0 Å². The molecule has 2 heterocycles. The van der Waals surface area contributed by atoms with Crippen molar-refractivity contribution in [3.05, 3.63) is 24.5 Å². The summed E-state index contributed by atoms with van der Waals surface area (Å²) in [5.41, 5.74) is 7.01. The van der Waals surface area contributed by atoms with Crippen molar-refractivity contribution in [2.45, 2.75) is 19.3 Å². The van der Waals surface area contributed by atoms with Gasteiger partial charge in [0, 0.05) is 26.0 Å². The maximum absolute atomic E-state index is 5.48. The van der Waals surface area contributed by atoms with Crippen molar-refractivity contribution >= 4 is 17.0 Å². The number of hydrogen-bond donors (Lipinski definition) is 1. The van der Waals surface area contributed by atoms with Gasteiger partial charge in [-0.05, 0) is 31.5 Å². The van der Waals surface area contributed by atoms with Crippen LogP contribution in [0.5, 0.6) is 0 Å². The van der Waals surface area contributed by atoms with Crippen LogP contribution in [0.2, 0.25) is 0 Å². The molecule has 2 aromatic heterocycles. The van der Waals surface area contributed by atoms with E-state index in [9.17, 15) is 0 Å². The molecule has 0 aliphatic heterocycles. The van der Waals surface area contributed by atoms with Gasteiger partial charge in [0.2, 0.25) is 0 Å². The van der Waals surface area contributed by atoms with Crippen molar-refractivity contribution < 1.29 is 0 Å². The lowest BCUT2D eigenvalue weighted by Gasteiger charge is -2.17. The summed E-state index contributed by atoms with van der Waals surface area (Å²) in [6.45, 7) is 1.76. The summed E-state index contributed by atoms with van der Waals surface area (Å²) in [6, 6.07) is 3.95. The van der Waals surface area contributed by atoms with Gasteiger partial charge in [-0.3, -0.25) is 4.98 Å².